The Morgan fingerprint density at radius 2 is 1.79 bits per heavy atom. The topological polar surface area (TPSA) is 93.7 Å². The normalized spacial score (nSPS) is 13.9. The summed E-state index contributed by atoms with van der Waals surface area (Å²) in [4.78, 5) is 26.2. The zero-order chi connectivity index (χ0) is 24.2. The molecule has 1 heterocycles. The first-order chi connectivity index (χ1) is 16.3. The van der Waals surface area contributed by atoms with Crippen molar-refractivity contribution in [2.24, 2.45) is 0 Å². The largest absolute Gasteiger partial charge is 0.480 e. The average Bonchev–Trinajstić information content (AvgIpc) is 3.11. The van der Waals surface area contributed by atoms with Gasteiger partial charge in [0.2, 0.25) is 0 Å². The predicted octanol–water partition coefficient (Wildman–Crippen LogP) is 4.94. The van der Waals surface area contributed by atoms with Crippen LogP contribution in [-0.2, 0) is 16.1 Å². The summed E-state index contributed by atoms with van der Waals surface area (Å²) in [5.41, 5.74) is 6.11. The quantitative estimate of drug-likeness (QED) is 0.314. The van der Waals surface area contributed by atoms with Crippen LogP contribution in [0.1, 0.15) is 16.7 Å². The van der Waals surface area contributed by atoms with Crippen molar-refractivity contribution < 1.29 is 14.7 Å². The maximum atomic E-state index is 13.1. The van der Waals surface area contributed by atoms with Gasteiger partial charge < -0.3 is 26.0 Å². The zero-order valence-electron chi connectivity index (χ0n) is 18.9. The van der Waals surface area contributed by atoms with E-state index in [0.717, 1.165) is 33.5 Å². The third-order valence-corrected chi connectivity index (χ3v) is 5.79. The van der Waals surface area contributed by atoms with Gasteiger partial charge in [0.1, 0.15) is 6.54 Å². The van der Waals surface area contributed by atoms with Crippen molar-refractivity contribution in [2.75, 3.05) is 36.6 Å². The predicted molar refractivity (Wildman–Crippen MR) is 140 cm³/mol. The minimum atomic E-state index is -0.949. The highest BCUT2D eigenvalue weighted by Crippen LogP contribution is 2.39. The number of rotatable bonds is 8. The molecule has 0 aliphatic carbocycles. The molecule has 174 valence electrons. The lowest BCUT2D eigenvalue weighted by molar-refractivity contribution is -0.134. The van der Waals surface area contributed by atoms with Crippen LogP contribution >= 0.6 is 15.9 Å². The number of anilines is 3. The number of carboxylic acid groups (broad SMARTS) is 1. The molecule has 0 unspecified atom stereocenters. The van der Waals surface area contributed by atoms with E-state index < -0.39 is 5.97 Å². The Labute approximate surface area is 206 Å². The van der Waals surface area contributed by atoms with Gasteiger partial charge in [-0.1, -0.05) is 46.3 Å². The molecule has 8 heteroatoms. The molecule has 3 aromatic rings. The van der Waals surface area contributed by atoms with Gasteiger partial charge in [-0.15, -0.1) is 0 Å². The first kappa shape index (κ1) is 23.5. The third-order valence-electron chi connectivity index (χ3n) is 5.29. The lowest BCUT2D eigenvalue weighted by Crippen LogP contribution is -2.13. The van der Waals surface area contributed by atoms with E-state index in [4.69, 9.17) is 5.11 Å². The van der Waals surface area contributed by atoms with Crippen LogP contribution in [0.25, 0.3) is 11.3 Å². The molecule has 34 heavy (non-hydrogen) atoms. The van der Waals surface area contributed by atoms with Crippen molar-refractivity contribution in [3.63, 3.8) is 0 Å². The summed E-state index contributed by atoms with van der Waals surface area (Å²) in [5, 5.41) is 18.3. The Bertz CT molecular complexity index is 1270. The van der Waals surface area contributed by atoms with Crippen molar-refractivity contribution in [1.29, 1.82) is 0 Å². The minimum absolute atomic E-state index is 0.201. The Balaban J connectivity index is 1.78. The standard InChI is InChI=1S/C26H25BrN4O3/c1-31(2)15-16-6-9-19(10-7-16)29-25(17-4-3-5-20(12-17)28-14-23(32)33)24-21-11-8-18(27)13-22(21)30-26(24)34/h3-13,28-29H,14-15H2,1-2H3,(H,30,34)(H,32,33). The molecule has 4 rings (SSSR count). The minimum Gasteiger partial charge on any atom is -0.480 e. The van der Waals surface area contributed by atoms with Crippen LogP contribution in [0.4, 0.5) is 17.1 Å². The monoisotopic (exact) mass is 520 g/mol. The van der Waals surface area contributed by atoms with Crippen LogP contribution in [-0.4, -0.2) is 42.5 Å². The fourth-order valence-corrected chi connectivity index (χ4v) is 4.20. The molecule has 0 fully saturated rings. The number of hydrogen-bond acceptors (Lipinski definition) is 5. The molecular weight excluding hydrogens is 496 g/mol. The molecule has 0 aromatic heterocycles. The third kappa shape index (κ3) is 5.47. The summed E-state index contributed by atoms with van der Waals surface area (Å²) in [6, 6.07) is 21.1. The van der Waals surface area contributed by atoms with Gasteiger partial charge in [-0.25, -0.2) is 0 Å². The summed E-state index contributed by atoms with van der Waals surface area (Å²) < 4.78 is 0.874. The number of nitrogens with zero attached hydrogens (tertiary/aromatic N) is 1. The average molecular weight is 521 g/mol. The van der Waals surface area contributed by atoms with Crippen LogP contribution in [0.15, 0.2) is 71.2 Å². The van der Waals surface area contributed by atoms with E-state index >= 15 is 0 Å². The van der Waals surface area contributed by atoms with E-state index in [9.17, 15) is 9.59 Å². The van der Waals surface area contributed by atoms with Crippen LogP contribution in [0.5, 0.6) is 0 Å². The van der Waals surface area contributed by atoms with Gasteiger partial charge in [0.05, 0.1) is 17.0 Å². The van der Waals surface area contributed by atoms with E-state index in [-0.39, 0.29) is 12.5 Å². The lowest BCUT2D eigenvalue weighted by Gasteiger charge is -2.17. The fraction of sp³-hybridized carbons (Fsp3) is 0.154. The van der Waals surface area contributed by atoms with E-state index in [2.05, 4.69) is 48.9 Å². The maximum absolute atomic E-state index is 13.1. The Morgan fingerprint density at radius 1 is 1.03 bits per heavy atom. The van der Waals surface area contributed by atoms with Crippen molar-refractivity contribution in [1.82, 2.24) is 4.90 Å². The summed E-state index contributed by atoms with van der Waals surface area (Å²) in [6.45, 7) is 0.629. The van der Waals surface area contributed by atoms with Gasteiger partial charge in [-0.2, -0.15) is 0 Å². The second kappa shape index (κ2) is 10.1. The van der Waals surface area contributed by atoms with Gasteiger partial charge in [0.15, 0.2) is 0 Å². The van der Waals surface area contributed by atoms with Crippen molar-refractivity contribution in [3.8, 4) is 0 Å². The van der Waals surface area contributed by atoms with Gasteiger partial charge in [-0.3, -0.25) is 9.59 Å². The van der Waals surface area contributed by atoms with Gasteiger partial charge in [0, 0.05) is 33.5 Å². The summed E-state index contributed by atoms with van der Waals surface area (Å²) in [5.74, 6) is -1.15. The highest BCUT2D eigenvalue weighted by molar-refractivity contribution is 9.10. The number of hydrogen-bond donors (Lipinski definition) is 4. The number of fused-ring (bicyclic) bond motifs is 1. The summed E-state index contributed by atoms with van der Waals surface area (Å²) >= 11 is 3.46. The number of benzene rings is 3. The molecule has 0 bridgehead atoms. The van der Waals surface area contributed by atoms with Gasteiger partial charge in [-0.05, 0) is 56.1 Å². The smallest absolute Gasteiger partial charge is 0.322 e. The molecule has 0 atom stereocenters. The molecular formula is C26H25BrN4O3. The van der Waals surface area contributed by atoms with Crippen LogP contribution in [0.3, 0.4) is 0 Å². The molecule has 0 radical (unpaired) electrons. The number of carbonyl (C=O) groups excluding carboxylic acids is 1. The van der Waals surface area contributed by atoms with Crippen LogP contribution in [0.2, 0.25) is 0 Å². The molecule has 3 aromatic carbocycles. The molecule has 4 N–H and O–H groups in total. The van der Waals surface area contributed by atoms with E-state index in [0.29, 0.717) is 17.0 Å². The highest BCUT2D eigenvalue weighted by Gasteiger charge is 2.28. The van der Waals surface area contributed by atoms with E-state index in [1.54, 1.807) is 6.07 Å². The molecule has 0 spiro atoms. The summed E-state index contributed by atoms with van der Waals surface area (Å²) in [6.07, 6.45) is 0. The first-order valence-electron chi connectivity index (χ1n) is 10.7. The zero-order valence-corrected chi connectivity index (χ0v) is 20.4. The molecule has 0 saturated heterocycles. The number of amides is 1. The fourth-order valence-electron chi connectivity index (χ4n) is 3.84. The Morgan fingerprint density at radius 3 is 2.50 bits per heavy atom. The first-order valence-corrected chi connectivity index (χ1v) is 11.5. The van der Waals surface area contributed by atoms with Gasteiger partial charge in [0.25, 0.3) is 5.91 Å². The van der Waals surface area contributed by atoms with Gasteiger partial charge >= 0.3 is 5.97 Å². The Kier molecular flexibility index (Phi) is 7.00. The lowest BCUT2D eigenvalue weighted by atomic mass is 9.99. The maximum Gasteiger partial charge on any atom is 0.322 e. The number of halogens is 1. The molecule has 1 aliphatic heterocycles. The summed E-state index contributed by atoms with van der Waals surface area (Å²) in [7, 11) is 4.04. The van der Waals surface area contributed by atoms with Crippen LogP contribution < -0.4 is 16.0 Å². The number of carboxylic acids is 1. The van der Waals surface area contributed by atoms with Crippen LogP contribution in [0, 0.1) is 0 Å². The second-order valence-corrected chi connectivity index (χ2v) is 9.20. The van der Waals surface area contributed by atoms with Crippen molar-refractivity contribution in [2.45, 2.75) is 6.54 Å². The molecule has 0 saturated carbocycles. The number of nitrogens with one attached hydrogen (secondary N) is 3. The number of aliphatic carboxylic acids is 1. The Hall–Kier alpha value is -3.62. The van der Waals surface area contributed by atoms with Crippen molar-refractivity contribution >= 4 is 56.1 Å². The van der Waals surface area contributed by atoms with E-state index in [1.165, 1.54) is 5.56 Å². The van der Waals surface area contributed by atoms with E-state index in [1.807, 2.05) is 62.6 Å². The number of carbonyl (C=O) groups is 2. The molecule has 1 aliphatic rings. The highest BCUT2D eigenvalue weighted by atomic mass is 79.9. The SMILES string of the molecule is CN(C)Cc1ccc(NC(=C2C(=O)Nc3cc(Br)ccc32)c2cccc(NCC(=O)O)c2)cc1. The molecule has 7 nitrogen and oxygen atoms in total. The second-order valence-electron chi connectivity index (χ2n) is 8.28. The van der Waals surface area contributed by atoms with Crippen molar-refractivity contribution in [3.05, 3.63) is 87.9 Å². The molecule has 1 amide bonds.